The maximum Gasteiger partial charge on any atom is 0.269 e. The highest BCUT2D eigenvalue weighted by atomic mass is 16.6. The minimum atomic E-state index is -1.25. The molecule has 12 heteroatoms. The highest BCUT2D eigenvalue weighted by Crippen LogP contribution is 2.65. The Morgan fingerprint density at radius 1 is 0.812 bits per heavy atom. The molecule has 4 atom stereocenters. The average Bonchev–Trinajstić information content (AvgIpc) is 3.84. The van der Waals surface area contributed by atoms with Crippen LogP contribution in [0.25, 0.3) is 0 Å². The van der Waals surface area contributed by atoms with Crippen molar-refractivity contribution in [3.05, 3.63) is 79.9 Å². The summed E-state index contributed by atoms with van der Waals surface area (Å²) in [5.74, 6) is -0.920. The molecule has 256 valence electrons. The molecule has 12 nitrogen and oxygen atoms in total. The van der Waals surface area contributed by atoms with E-state index in [-0.39, 0.29) is 33.5 Å². The molecule has 2 amide bonds. The lowest BCUT2D eigenvalue weighted by molar-refractivity contribution is -0.385. The highest BCUT2D eigenvalue weighted by Gasteiger charge is 2.79. The summed E-state index contributed by atoms with van der Waals surface area (Å²) < 4.78 is 0. The maximum atomic E-state index is 12.6. The summed E-state index contributed by atoms with van der Waals surface area (Å²) in [6, 6.07) is 14.9. The first-order valence-electron chi connectivity index (χ1n) is 17.3. The topological polar surface area (TPSA) is 177 Å². The SMILES string of the molecule is CCCCCCN1C(=O)C2C(C1=O)C2(C#N)c1cccc([N+](=O)[O-])c1.CCCCCCN1CC2C(C1)C2(CN)c1cccc([N+](=O)[O-])c1. The number of rotatable bonds is 15. The number of piperidine rings is 2. The summed E-state index contributed by atoms with van der Waals surface area (Å²) in [6.07, 6.45) is 9.03. The molecule has 0 radical (unpaired) electrons. The van der Waals surface area contributed by atoms with Crippen molar-refractivity contribution < 1.29 is 19.4 Å². The van der Waals surface area contributed by atoms with Crippen LogP contribution >= 0.6 is 0 Å². The lowest BCUT2D eigenvalue weighted by Crippen LogP contribution is -2.39. The van der Waals surface area contributed by atoms with Crippen molar-refractivity contribution in [1.29, 1.82) is 5.26 Å². The van der Waals surface area contributed by atoms with E-state index < -0.39 is 22.2 Å². The fourth-order valence-corrected chi connectivity index (χ4v) is 8.38. The monoisotopic (exact) mass is 658 g/mol. The van der Waals surface area contributed by atoms with Crippen LogP contribution in [-0.2, 0) is 20.4 Å². The van der Waals surface area contributed by atoms with E-state index in [1.807, 2.05) is 6.07 Å². The number of nitriles is 1. The highest BCUT2D eigenvalue weighted by molar-refractivity contribution is 6.12. The molecule has 4 unspecified atom stereocenters. The number of nitrogens with zero attached hydrogens (tertiary/aromatic N) is 5. The second kappa shape index (κ2) is 14.5. The van der Waals surface area contributed by atoms with E-state index in [1.54, 1.807) is 24.3 Å². The number of hydrogen-bond donors (Lipinski definition) is 1. The summed E-state index contributed by atoms with van der Waals surface area (Å²) in [6.45, 7) is 8.67. The molecule has 2 N–H and O–H groups in total. The number of imide groups is 1. The molecule has 2 aromatic rings. The average molecular weight is 659 g/mol. The number of nitro groups is 2. The van der Waals surface area contributed by atoms with Gasteiger partial charge < -0.3 is 10.6 Å². The van der Waals surface area contributed by atoms with Gasteiger partial charge in [0.25, 0.3) is 11.4 Å². The number of unbranched alkanes of at least 4 members (excludes halogenated alkanes) is 6. The molecule has 0 bridgehead atoms. The van der Waals surface area contributed by atoms with Gasteiger partial charge in [-0.2, -0.15) is 5.26 Å². The fraction of sp³-hybridized carbons (Fsp3) is 0.583. The molecule has 2 aromatic carbocycles. The summed E-state index contributed by atoms with van der Waals surface area (Å²) in [4.78, 5) is 50.2. The van der Waals surface area contributed by atoms with Crippen LogP contribution in [0.2, 0.25) is 0 Å². The van der Waals surface area contributed by atoms with Crippen LogP contribution in [0, 0.1) is 55.2 Å². The van der Waals surface area contributed by atoms with E-state index >= 15 is 0 Å². The summed E-state index contributed by atoms with van der Waals surface area (Å²) in [5, 5.41) is 31.7. The van der Waals surface area contributed by atoms with Crippen LogP contribution in [0.4, 0.5) is 11.4 Å². The van der Waals surface area contributed by atoms with Gasteiger partial charge in [-0.3, -0.25) is 34.7 Å². The molecule has 2 saturated heterocycles. The van der Waals surface area contributed by atoms with E-state index in [9.17, 15) is 35.1 Å². The first kappa shape index (κ1) is 35.1. The van der Waals surface area contributed by atoms with Gasteiger partial charge in [0.2, 0.25) is 11.8 Å². The van der Waals surface area contributed by atoms with Gasteiger partial charge in [0, 0.05) is 55.9 Å². The third kappa shape index (κ3) is 6.21. The summed E-state index contributed by atoms with van der Waals surface area (Å²) in [5.41, 5.74) is 6.32. The number of fused-ring (bicyclic) bond motifs is 2. The van der Waals surface area contributed by atoms with Crippen LogP contribution in [0.1, 0.15) is 76.3 Å². The van der Waals surface area contributed by atoms with Crippen molar-refractivity contribution in [2.24, 2.45) is 29.4 Å². The van der Waals surface area contributed by atoms with Crippen LogP contribution in [-0.4, -0.2) is 64.2 Å². The standard InChI is InChI=1S/C18H19N3O4.C18H27N3O2/c1-2-3-4-5-9-20-16(22)14-15(17(20)23)18(14,11-19)12-7-6-8-13(10-12)21(24)25;1-2-3-4-5-9-20-11-16-17(12-20)18(16,13-19)14-7-6-8-15(10-14)21(22)23/h6-8,10,14-15H,2-5,9H2,1H3;6-8,10,16-17H,2-5,9,11-13,19H2,1H3. The molecule has 0 spiro atoms. The smallest absolute Gasteiger partial charge is 0.269 e. The lowest BCUT2D eigenvalue weighted by Gasteiger charge is -2.26. The Morgan fingerprint density at radius 3 is 1.79 bits per heavy atom. The quantitative estimate of drug-likeness (QED) is 0.112. The van der Waals surface area contributed by atoms with Crippen molar-refractivity contribution in [1.82, 2.24) is 9.80 Å². The summed E-state index contributed by atoms with van der Waals surface area (Å²) in [7, 11) is 0. The largest absolute Gasteiger partial charge is 0.330 e. The van der Waals surface area contributed by atoms with Crippen molar-refractivity contribution >= 4 is 23.2 Å². The van der Waals surface area contributed by atoms with Gasteiger partial charge in [-0.15, -0.1) is 0 Å². The number of non-ortho nitro benzene ring substituents is 2. The van der Waals surface area contributed by atoms with Gasteiger partial charge >= 0.3 is 0 Å². The Morgan fingerprint density at radius 2 is 1.31 bits per heavy atom. The van der Waals surface area contributed by atoms with E-state index in [0.29, 0.717) is 30.5 Å². The third-order valence-corrected chi connectivity index (χ3v) is 11.1. The first-order chi connectivity index (χ1) is 23.1. The second-order valence-corrected chi connectivity index (χ2v) is 13.7. The van der Waals surface area contributed by atoms with Crippen molar-refractivity contribution in [2.75, 3.05) is 32.7 Å². The zero-order valence-electron chi connectivity index (χ0n) is 27.9. The number of nitrogens with two attached hydrogens (primary N) is 1. The number of nitro benzene ring substituents is 2. The van der Waals surface area contributed by atoms with Crippen LogP contribution in [0.3, 0.4) is 0 Å². The molecule has 2 saturated carbocycles. The number of amides is 2. The number of likely N-dealkylation sites (tertiary alicyclic amines) is 2. The molecule has 2 heterocycles. The Bertz CT molecular complexity index is 1550. The van der Waals surface area contributed by atoms with Gasteiger partial charge in [-0.25, -0.2) is 0 Å². The Hall–Kier alpha value is -4.21. The van der Waals surface area contributed by atoms with Gasteiger partial charge in [-0.1, -0.05) is 76.6 Å². The minimum Gasteiger partial charge on any atom is -0.330 e. The normalized spacial score (nSPS) is 28.2. The molecule has 0 aromatic heterocycles. The Balaban J connectivity index is 0.000000188. The van der Waals surface area contributed by atoms with E-state index in [2.05, 4.69) is 24.8 Å². The number of benzene rings is 2. The van der Waals surface area contributed by atoms with Gasteiger partial charge in [-0.05, 0) is 42.3 Å². The number of hydrogen-bond acceptors (Lipinski definition) is 9. The van der Waals surface area contributed by atoms with Crippen LogP contribution in [0.5, 0.6) is 0 Å². The zero-order valence-corrected chi connectivity index (χ0v) is 27.9. The molecule has 2 aliphatic heterocycles. The molecule has 4 fully saturated rings. The first-order valence-corrected chi connectivity index (χ1v) is 17.3. The van der Waals surface area contributed by atoms with E-state index in [4.69, 9.17) is 5.73 Å². The van der Waals surface area contributed by atoms with Gasteiger partial charge in [0.15, 0.2) is 0 Å². The van der Waals surface area contributed by atoms with Crippen molar-refractivity contribution in [3.63, 3.8) is 0 Å². The number of carbonyl (C=O) groups excluding carboxylic acids is 2. The molecular formula is C36H46N6O6. The molecule has 2 aliphatic carbocycles. The van der Waals surface area contributed by atoms with Gasteiger partial charge in [0.05, 0.1) is 27.8 Å². The maximum absolute atomic E-state index is 12.6. The predicted octanol–water partition coefficient (Wildman–Crippen LogP) is 5.48. The Kier molecular flexibility index (Phi) is 10.6. The summed E-state index contributed by atoms with van der Waals surface area (Å²) >= 11 is 0. The fourth-order valence-electron chi connectivity index (χ4n) is 8.38. The van der Waals surface area contributed by atoms with E-state index in [0.717, 1.165) is 44.3 Å². The zero-order chi connectivity index (χ0) is 34.6. The molecule has 6 rings (SSSR count). The number of carbonyl (C=O) groups is 2. The van der Waals surface area contributed by atoms with E-state index in [1.165, 1.54) is 55.3 Å². The van der Waals surface area contributed by atoms with Crippen LogP contribution < -0.4 is 5.73 Å². The van der Waals surface area contributed by atoms with Crippen molar-refractivity contribution in [3.8, 4) is 6.07 Å². The van der Waals surface area contributed by atoms with Crippen LogP contribution in [0.15, 0.2) is 48.5 Å². The third-order valence-electron chi connectivity index (χ3n) is 11.1. The molecule has 48 heavy (non-hydrogen) atoms. The Labute approximate surface area is 281 Å². The molecular weight excluding hydrogens is 612 g/mol. The second-order valence-electron chi connectivity index (χ2n) is 13.7. The predicted molar refractivity (Wildman–Crippen MR) is 180 cm³/mol. The lowest BCUT2D eigenvalue weighted by atomic mass is 9.90. The van der Waals surface area contributed by atoms with Crippen molar-refractivity contribution in [2.45, 2.75) is 76.0 Å². The molecule has 4 aliphatic rings. The minimum absolute atomic E-state index is 0.0219. The van der Waals surface area contributed by atoms with Gasteiger partial charge in [0.1, 0.15) is 5.41 Å².